The highest BCUT2D eigenvalue weighted by atomic mass is 16.5. The molecular formula is C12H18N4O2. The fourth-order valence-corrected chi connectivity index (χ4v) is 2.12. The van der Waals surface area contributed by atoms with Crippen molar-refractivity contribution >= 4 is 11.7 Å². The van der Waals surface area contributed by atoms with Crippen molar-refractivity contribution < 1.29 is 9.47 Å². The van der Waals surface area contributed by atoms with E-state index in [4.69, 9.17) is 20.6 Å². The molecule has 0 aromatic carbocycles. The second-order valence-electron chi connectivity index (χ2n) is 4.27. The molecule has 1 aromatic rings. The van der Waals surface area contributed by atoms with Crippen molar-refractivity contribution in [1.82, 2.24) is 4.98 Å². The Labute approximate surface area is 106 Å². The van der Waals surface area contributed by atoms with E-state index in [1.54, 1.807) is 26.5 Å². The standard InChI is InChI=1S/C12H18N4O2/c1-17-9-6-16(7-10(9)18-2)11-4-3-8(5-15-11)12(13)14/h3-5,9-10H,6-7H2,1-2H3,(H3,13,14). The summed E-state index contributed by atoms with van der Waals surface area (Å²) < 4.78 is 10.8. The third-order valence-electron chi connectivity index (χ3n) is 3.20. The van der Waals surface area contributed by atoms with Crippen LogP contribution < -0.4 is 10.6 Å². The Morgan fingerprint density at radius 2 is 1.94 bits per heavy atom. The minimum atomic E-state index is 0.0278. The maximum atomic E-state index is 7.32. The Kier molecular flexibility index (Phi) is 3.78. The summed E-state index contributed by atoms with van der Waals surface area (Å²) >= 11 is 0. The number of nitrogen functional groups attached to an aromatic ring is 1. The molecular weight excluding hydrogens is 232 g/mol. The second-order valence-corrected chi connectivity index (χ2v) is 4.27. The van der Waals surface area contributed by atoms with Crippen LogP contribution in [0.3, 0.4) is 0 Å². The molecule has 0 spiro atoms. The van der Waals surface area contributed by atoms with Crippen LogP contribution in [0, 0.1) is 5.41 Å². The summed E-state index contributed by atoms with van der Waals surface area (Å²) in [5.74, 6) is 0.876. The van der Waals surface area contributed by atoms with Crippen LogP contribution in [-0.2, 0) is 9.47 Å². The van der Waals surface area contributed by atoms with E-state index in [1.165, 1.54) is 0 Å². The molecule has 98 valence electrons. The maximum absolute atomic E-state index is 7.32. The van der Waals surface area contributed by atoms with Crippen molar-refractivity contribution in [3.8, 4) is 0 Å². The quantitative estimate of drug-likeness (QED) is 0.589. The molecule has 1 fully saturated rings. The number of methoxy groups -OCH3 is 2. The molecule has 0 bridgehead atoms. The van der Waals surface area contributed by atoms with Gasteiger partial charge in [0, 0.05) is 39.1 Å². The highest BCUT2D eigenvalue weighted by Crippen LogP contribution is 2.21. The van der Waals surface area contributed by atoms with E-state index < -0.39 is 0 Å². The molecule has 1 aliphatic heterocycles. The summed E-state index contributed by atoms with van der Waals surface area (Å²) in [6.45, 7) is 1.50. The number of nitrogens with one attached hydrogen (secondary N) is 1. The van der Waals surface area contributed by atoms with Crippen molar-refractivity contribution in [2.45, 2.75) is 12.2 Å². The molecule has 1 aromatic heterocycles. The summed E-state index contributed by atoms with van der Waals surface area (Å²) in [4.78, 5) is 6.42. The smallest absolute Gasteiger partial charge is 0.128 e. The lowest BCUT2D eigenvalue weighted by Gasteiger charge is -2.16. The van der Waals surface area contributed by atoms with Crippen LogP contribution in [0.1, 0.15) is 5.56 Å². The van der Waals surface area contributed by atoms with Crippen LogP contribution in [0.2, 0.25) is 0 Å². The van der Waals surface area contributed by atoms with E-state index >= 15 is 0 Å². The molecule has 1 saturated heterocycles. The number of pyridine rings is 1. The largest absolute Gasteiger partial charge is 0.384 e. The molecule has 1 aliphatic rings. The number of aromatic nitrogens is 1. The first-order chi connectivity index (χ1) is 8.65. The molecule has 2 heterocycles. The van der Waals surface area contributed by atoms with E-state index in [9.17, 15) is 0 Å². The zero-order chi connectivity index (χ0) is 13.1. The minimum absolute atomic E-state index is 0.0278. The first-order valence-electron chi connectivity index (χ1n) is 5.76. The molecule has 0 aliphatic carbocycles. The predicted octanol–water partition coefficient (Wildman–Crippen LogP) is 0.216. The van der Waals surface area contributed by atoms with Gasteiger partial charge in [-0.25, -0.2) is 4.98 Å². The van der Waals surface area contributed by atoms with Gasteiger partial charge in [-0.05, 0) is 12.1 Å². The molecule has 0 radical (unpaired) electrons. The SMILES string of the molecule is COC1CN(c2ccc(C(=N)N)cn2)CC1OC. The number of anilines is 1. The number of nitrogens with two attached hydrogens (primary N) is 1. The summed E-state index contributed by atoms with van der Waals surface area (Å²) in [5, 5.41) is 7.32. The molecule has 0 amide bonds. The number of hydrogen-bond acceptors (Lipinski definition) is 5. The van der Waals surface area contributed by atoms with Gasteiger partial charge < -0.3 is 20.1 Å². The number of ether oxygens (including phenoxy) is 2. The molecule has 6 nitrogen and oxygen atoms in total. The van der Waals surface area contributed by atoms with Crippen molar-refractivity contribution in [3.63, 3.8) is 0 Å². The van der Waals surface area contributed by atoms with Crippen molar-refractivity contribution in [1.29, 1.82) is 5.41 Å². The van der Waals surface area contributed by atoms with Gasteiger partial charge >= 0.3 is 0 Å². The second kappa shape index (κ2) is 5.32. The van der Waals surface area contributed by atoms with Gasteiger partial charge in [-0.15, -0.1) is 0 Å². The van der Waals surface area contributed by atoms with Gasteiger partial charge in [0.1, 0.15) is 23.9 Å². The summed E-state index contributed by atoms with van der Waals surface area (Å²) in [7, 11) is 3.37. The average Bonchev–Trinajstić information content (AvgIpc) is 2.82. The maximum Gasteiger partial charge on any atom is 0.128 e. The van der Waals surface area contributed by atoms with Gasteiger partial charge in [-0.3, -0.25) is 5.41 Å². The van der Waals surface area contributed by atoms with Crippen molar-refractivity contribution in [2.24, 2.45) is 5.73 Å². The Balaban J connectivity index is 2.11. The Morgan fingerprint density at radius 1 is 1.33 bits per heavy atom. The fourth-order valence-electron chi connectivity index (χ4n) is 2.12. The highest BCUT2D eigenvalue weighted by molar-refractivity contribution is 5.94. The van der Waals surface area contributed by atoms with Crippen LogP contribution in [0.4, 0.5) is 5.82 Å². The van der Waals surface area contributed by atoms with Gasteiger partial charge in [0.2, 0.25) is 0 Å². The fraction of sp³-hybridized carbons (Fsp3) is 0.500. The first kappa shape index (κ1) is 12.8. The molecule has 18 heavy (non-hydrogen) atoms. The summed E-state index contributed by atoms with van der Waals surface area (Å²) in [6, 6.07) is 3.66. The predicted molar refractivity (Wildman–Crippen MR) is 69.1 cm³/mol. The average molecular weight is 250 g/mol. The highest BCUT2D eigenvalue weighted by Gasteiger charge is 2.33. The normalized spacial score (nSPS) is 23.3. The van der Waals surface area contributed by atoms with Crippen LogP contribution in [0.15, 0.2) is 18.3 Å². The zero-order valence-electron chi connectivity index (χ0n) is 10.6. The van der Waals surface area contributed by atoms with Gasteiger partial charge in [-0.1, -0.05) is 0 Å². The number of rotatable bonds is 4. The van der Waals surface area contributed by atoms with Crippen LogP contribution >= 0.6 is 0 Å². The van der Waals surface area contributed by atoms with E-state index in [2.05, 4.69) is 9.88 Å². The molecule has 0 saturated carbocycles. The van der Waals surface area contributed by atoms with Gasteiger partial charge in [-0.2, -0.15) is 0 Å². The summed E-state index contributed by atoms with van der Waals surface area (Å²) in [6.07, 6.45) is 1.73. The molecule has 3 N–H and O–H groups in total. The van der Waals surface area contributed by atoms with E-state index in [0.29, 0.717) is 5.56 Å². The molecule has 2 unspecified atom stereocenters. The Morgan fingerprint density at radius 3 is 2.33 bits per heavy atom. The number of hydrogen-bond donors (Lipinski definition) is 2. The Bertz CT molecular complexity index is 409. The minimum Gasteiger partial charge on any atom is -0.384 e. The monoisotopic (exact) mass is 250 g/mol. The van der Waals surface area contributed by atoms with Crippen molar-refractivity contribution in [3.05, 3.63) is 23.9 Å². The van der Waals surface area contributed by atoms with Gasteiger partial charge in [0.05, 0.1) is 0 Å². The van der Waals surface area contributed by atoms with E-state index in [0.717, 1.165) is 18.9 Å². The zero-order valence-corrected chi connectivity index (χ0v) is 10.6. The lowest BCUT2D eigenvalue weighted by Crippen LogP contribution is -2.27. The first-order valence-corrected chi connectivity index (χ1v) is 5.76. The molecule has 6 heteroatoms. The van der Waals surface area contributed by atoms with Crippen LogP contribution in [-0.4, -0.2) is 50.3 Å². The van der Waals surface area contributed by atoms with Gasteiger partial charge in [0.25, 0.3) is 0 Å². The lowest BCUT2D eigenvalue weighted by atomic mass is 10.2. The third-order valence-corrected chi connectivity index (χ3v) is 3.20. The van der Waals surface area contributed by atoms with Gasteiger partial charge in [0.15, 0.2) is 0 Å². The number of nitrogens with zero attached hydrogens (tertiary/aromatic N) is 2. The van der Waals surface area contributed by atoms with E-state index in [-0.39, 0.29) is 18.0 Å². The van der Waals surface area contributed by atoms with Crippen molar-refractivity contribution in [2.75, 3.05) is 32.2 Å². The third kappa shape index (κ3) is 2.44. The topological polar surface area (TPSA) is 84.5 Å². The lowest BCUT2D eigenvalue weighted by molar-refractivity contribution is -0.00461. The number of amidine groups is 1. The van der Waals surface area contributed by atoms with E-state index in [1.807, 2.05) is 6.07 Å². The van der Waals surface area contributed by atoms with Crippen LogP contribution in [0.5, 0.6) is 0 Å². The van der Waals surface area contributed by atoms with Crippen LogP contribution in [0.25, 0.3) is 0 Å². The summed E-state index contributed by atoms with van der Waals surface area (Å²) in [5.41, 5.74) is 6.02. The molecule has 2 rings (SSSR count). The Hall–Kier alpha value is -1.66. The molecule has 2 atom stereocenters.